The molecule has 2 saturated heterocycles. The molecular weight excluding hydrogens is 489 g/mol. The number of hydrogen-bond acceptors (Lipinski definition) is 6. The second-order valence-corrected chi connectivity index (χ2v) is 12.2. The molecule has 0 spiro atoms. The molecular formula is C23H29F3N2O4S2. The van der Waals surface area contributed by atoms with Crippen molar-refractivity contribution in [3.05, 3.63) is 47.3 Å². The van der Waals surface area contributed by atoms with Crippen LogP contribution in [0.1, 0.15) is 31.7 Å². The highest BCUT2D eigenvalue weighted by Crippen LogP contribution is 2.39. The zero-order valence-electron chi connectivity index (χ0n) is 18.9. The fourth-order valence-corrected chi connectivity index (χ4v) is 7.25. The second-order valence-electron chi connectivity index (χ2n) is 9.05. The summed E-state index contributed by atoms with van der Waals surface area (Å²) >= 11 is 1.19. The fraction of sp³-hybridized carbons (Fsp3) is 0.565. The van der Waals surface area contributed by atoms with Gasteiger partial charge in [0.15, 0.2) is 5.60 Å². The number of hydrogen-bond donors (Lipinski definition) is 1. The number of alkyl halides is 3. The number of piperazine rings is 1. The molecule has 2 fully saturated rings. The summed E-state index contributed by atoms with van der Waals surface area (Å²) in [6.45, 7) is 3.11. The number of benzene rings is 1. The number of aliphatic hydroxyl groups is 1. The maximum Gasteiger partial charge on any atom is 0.421 e. The number of ether oxygens (including phenoxy) is 1. The summed E-state index contributed by atoms with van der Waals surface area (Å²) < 4.78 is 73.3. The van der Waals surface area contributed by atoms with Crippen molar-refractivity contribution in [2.75, 3.05) is 37.7 Å². The van der Waals surface area contributed by atoms with E-state index in [0.29, 0.717) is 42.1 Å². The molecule has 4 rings (SSSR count). The van der Waals surface area contributed by atoms with Crippen LogP contribution >= 0.6 is 11.3 Å². The van der Waals surface area contributed by atoms with Gasteiger partial charge in [0.05, 0.1) is 0 Å². The monoisotopic (exact) mass is 518 g/mol. The molecule has 2 unspecified atom stereocenters. The van der Waals surface area contributed by atoms with Crippen LogP contribution in [0.5, 0.6) is 0 Å². The number of thiophene rings is 1. The average molecular weight is 519 g/mol. The van der Waals surface area contributed by atoms with E-state index in [0.717, 1.165) is 26.2 Å². The van der Waals surface area contributed by atoms with Gasteiger partial charge in [0, 0.05) is 44.6 Å². The first kappa shape index (κ1) is 25.4. The number of anilines is 1. The zero-order chi connectivity index (χ0) is 24.6. The predicted octanol–water partition coefficient (Wildman–Crippen LogP) is 4.21. The van der Waals surface area contributed by atoms with E-state index < -0.39 is 21.8 Å². The van der Waals surface area contributed by atoms with Crippen molar-refractivity contribution in [1.29, 1.82) is 0 Å². The van der Waals surface area contributed by atoms with Gasteiger partial charge >= 0.3 is 6.18 Å². The van der Waals surface area contributed by atoms with E-state index in [-0.39, 0.29) is 18.2 Å². The summed E-state index contributed by atoms with van der Waals surface area (Å²) in [6.07, 6.45) is -2.23. The zero-order valence-corrected chi connectivity index (χ0v) is 20.5. The number of nitrogens with zero attached hydrogens (tertiary/aromatic N) is 2. The normalized spacial score (nSPS) is 23.1. The van der Waals surface area contributed by atoms with Gasteiger partial charge in [0.2, 0.25) is 0 Å². The van der Waals surface area contributed by atoms with Crippen molar-refractivity contribution < 1.29 is 31.4 Å². The highest BCUT2D eigenvalue weighted by Gasteiger charge is 2.51. The van der Waals surface area contributed by atoms with Crippen LogP contribution in [-0.2, 0) is 20.4 Å². The summed E-state index contributed by atoms with van der Waals surface area (Å²) in [5.74, 6) is 0.385. The molecule has 6 nitrogen and oxygen atoms in total. The largest absolute Gasteiger partial charge is 0.421 e. The highest BCUT2D eigenvalue weighted by atomic mass is 32.2. The lowest BCUT2D eigenvalue weighted by Gasteiger charge is -2.44. The Morgan fingerprint density at radius 2 is 1.79 bits per heavy atom. The van der Waals surface area contributed by atoms with Crippen LogP contribution in [0.2, 0.25) is 0 Å². The Bertz CT molecular complexity index is 1050. The Kier molecular flexibility index (Phi) is 7.31. The van der Waals surface area contributed by atoms with E-state index in [1.165, 1.54) is 27.8 Å². The van der Waals surface area contributed by atoms with Gasteiger partial charge in [-0.1, -0.05) is 18.2 Å². The molecule has 188 valence electrons. The molecule has 2 atom stereocenters. The molecule has 2 aliphatic rings. The Labute approximate surface area is 202 Å². The van der Waals surface area contributed by atoms with Crippen LogP contribution in [0, 0.1) is 5.92 Å². The van der Waals surface area contributed by atoms with Gasteiger partial charge in [-0.2, -0.15) is 17.5 Å². The second kappa shape index (κ2) is 9.77. The molecule has 0 amide bonds. The average Bonchev–Trinajstić information content (AvgIpc) is 3.35. The maximum atomic E-state index is 13.2. The molecule has 2 aromatic rings. The molecule has 0 aliphatic carbocycles. The third-order valence-electron chi connectivity index (χ3n) is 6.79. The smallest absolute Gasteiger partial charge is 0.381 e. The Hall–Kier alpha value is -1.66. The van der Waals surface area contributed by atoms with Crippen molar-refractivity contribution in [3.8, 4) is 0 Å². The predicted molar refractivity (Wildman–Crippen MR) is 124 cm³/mol. The van der Waals surface area contributed by atoms with Gasteiger partial charge < -0.3 is 14.7 Å². The van der Waals surface area contributed by atoms with Gasteiger partial charge in [0.1, 0.15) is 4.21 Å². The topological polar surface area (TPSA) is 70.1 Å². The lowest BCUT2D eigenvalue weighted by atomic mass is 9.90. The fourth-order valence-electron chi connectivity index (χ4n) is 4.63. The minimum atomic E-state index is -4.79. The van der Waals surface area contributed by atoms with Crippen molar-refractivity contribution in [1.82, 2.24) is 4.31 Å². The lowest BCUT2D eigenvalue weighted by Crippen LogP contribution is -2.55. The summed E-state index contributed by atoms with van der Waals surface area (Å²) in [4.78, 5) is 2.09. The van der Waals surface area contributed by atoms with Crippen molar-refractivity contribution in [2.45, 2.75) is 48.2 Å². The van der Waals surface area contributed by atoms with Crippen molar-refractivity contribution in [3.63, 3.8) is 0 Å². The van der Waals surface area contributed by atoms with Crippen LogP contribution in [0.3, 0.4) is 0 Å². The summed E-state index contributed by atoms with van der Waals surface area (Å²) in [5, 5.41) is 11.7. The molecule has 2 aliphatic heterocycles. The van der Waals surface area contributed by atoms with Crippen molar-refractivity contribution >= 4 is 27.0 Å². The highest BCUT2D eigenvalue weighted by molar-refractivity contribution is 7.91. The van der Waals surface area contributed by atoms with Crippen LogP contribution < -0.4 is 4.90 Å². The van der Waals surface area contributed by atoms with Crippen molar-refractivity contribution in [2.24, 2.45) is 5.92 Å². The number of rotatable bonds is 6. The quantitative estimate of drug-likeness (QED) is 0.621. The summed E-state index contributed by atoms with van der Waals surface area (Å²) in [5.41, 5.74) is -2.46. The molecule has 11 heteroatoms. The molecule has 1 N–H and O–H groups in total. The minimum absolute atomic E-state index is 0.124. The SMILES string of the molecule is CC(O)(c1ccc(N2CCN(S(=O)(=O)c3cccs3)CC2CC2CCOCC2)cc1)C(F)(F)F. The van der Waals surface area contributed by atoms with E-state index in [4.69, 9.17) is 4.74 Å². The molecule has 0 radical (unpaired) electrons. The van der Waals surface area contributed by atoms with Crippen LogP contribution in [0.25, 0.3) is 0 Å². The van der Waals surface area contributed by atoms with Gasteiger partial charge in [-0.05, 0) is 61.2 Å². The standard InChI is InChI=1S/C23H29F3N2O4S2/c1-22(29,23(24,25)26)18-4-6-19(7-5-18)28-11-10-27(34(30,31)21-3-2-14-33-21)16-20(28)15-17-8-12-32-13-9-17/h2-7,14,17,20,29H,8-13,15-16H2,1H3. The van der Waals surface area contributed by atoms with Gasteiger partial charge in [0.25, 0.3) is 10.0 Å². The third kappa shape index (κ3) is 5.13. The molecule has 1 aromatic carbocycles. The molecule has 3 heterocycles. The first-order valence-electron chi connectivity index (χ1n) is 11.3. The summed E-state index contributed by atoms with van der Waals surface area (Å²) in [6, 6.07) is 8.94. The van der Waals surface area contributed by atoms with Gasteiger partial charge in [-0.15, -0.1) is 11.3 Å². The number of halogens is 3. The Balaban J connectivity index is 1.58. The first-order chi connectivity index (χ1) is 16.0. The maximum absolute atomic E-state index is 13.2. The van der Waals surface area contributed by atoms with Crippen LogP contribution in [0.4, 0.5) is 18.9 Å². The van der Waals surface area contributed by atoms with E-state index in [2.05, 4.69) is 4.90 Å². The van der Waals surface area contributed by atoms with Crippen LogP contribution in [-0.4, -0.2) is 62.9 Å². The molecule has 0 saturated carbocycles. The van der Waals surface area contributed by atoms with Crippen LogP contribution in [0.15, 0.2) is 46.0 Å². The molecule has 34 heavy (non-hydrogen) atoms. The van der Waals surface area contributed by atoms with Gasteiger partial charge in [-0.3, -0.25) is 0 Å². The lowest BCUT2D eigenvalue weighted by molar-refractivity contribution is -0.258. The number of sulfonamides is 1. The van der Waals surface area contributed by atoms with E-state index >= 15 is 0 Å². The summed E-state index contributed by atoms with van der Waals surface area (Å²) in [7, 11) is -3.60. The Morgan fingerprint density at radius 3 is 2.38 bits per heavy atom. The van der Waals surface area contributed by atoms with E-state index in [9.17, 15) is 26.7 Å². The van der Waals surface area contributed by atoms with E-state index in [1.54, 1.807) is 29.6 Å². The van der Waals surface area contributed by atoms with Gasteiger partial charge in [-0.25, -0.2) is 8.42 Å². The first-order valence-corrected chi connectivity index (χ1v) is 13.6. The molecule has 1 aromatic heterocycles. The minimum Gasteiger partial charge on any atom is -0.381 e. The molecule has 0 bridgehead atoms. The van der Waals surface area contributed by atoms with E-state index in [1.807, 2.05) is 0 Å². The third-order valence-corrected chi connectivity index (χ3v) is 10.0. The Morgan fingerprint density at radius 1 is 1.12 bits per heavy atom.